The lowest BCUT2D eigenvalue weighted by Gasteiger charge is -2.27. The van der Waals surface area contributed by atoms with E-state index in [4.69, 9.17) is 11.3 Å². The number of furan rings is 1. The zero-order valence-corrected chi connectivity index (χ0v) is 64.8. The minimum Gasteiger partial charge on any atom is -0.456 e. The average Bonchev–Trinajstić information content (AvgIpc) is 1.56. The predicted molar refractivity (Wildman–Crippen MR) is 503 cm³/mol. The molecule has 20 aromatic carbocycles. The summed E-state index contributed by atoms with van der Waals surface area (Å²) in [4.78, 5) is 4.72. The van der Waals surface area contributed by atoms with E-state index in [1.807, 2.05) is 76.5 Å². The second-order valence-corrected chi connectivity index (χ2v) is 32.8. The lowest BCUT2D eigenvalue weighted by Crippen LogP contribution is -2.10. The fraction of sp³-hybridized carbons (Fsp3) is 0. The van der Waals surface area contributed by atoms with E-state index < -0.39 is 6.04 Å². The first-order valence-electron chi connectivity index (χ1n) is 41.6. The molecule has 0 saturated heterocycles. The highest BCUT2D eigenvalue weighted by atomic mass is 32.1. The Labute approximate surface area is 688 Å². The number of fused-ring (bicyclic) bond motifs is 21. The number of thiophene rings is 3. The van der Waals surface area contributed by atoms with E-state index >= 15 is 0 Å². The van der Waals surface area contributed by atoms with Crippen LogP contribution in [0.2, 0.25) is 0 Å². The molecule has 4 aromatic heterocycles. The molecule has 542 valence electrons. The molecule has 0 saturated carbocycles. The van der Waals surface area contributed by atoms with Gasteiger partial charge in [0, 0.05) is 105 Å². The van der Waals surface area contributed by atoms with Gasteiger partial charge in [-0.15, -0.1) is 34.0 Å². The normalized spacial score (nSPS) is 12.4. The van der Waals surface area contributed by atoms with Crippen molar-refractivity contribution in [1.29, 1.82) is 0 Å². The first-order chi connectivity index (χ1) is 59.6. The zero-order valence-electron chi connectivity index (χ0n) is 67.4. The standard InChI is InChI=1S/C56H35NOS.C54H33NS2/c1-2-11-36(12-3-1)37-21-27-43(28-22-37)57(52-35-51-49-31-25-39-13-4-5-16-45(39)55(49)59-56(51)48-19-7-6-17-46(48)52)44-29-23-38(24-30-44)40-14-10-15-41(33-40)42-26-32-54-50(34-42)47-18-8-9-20-53(47)58-54;1-3-14-40-34(11-1)13-9-19-41(40)36-23-28-38(29-24-36)55(50-21-10-20-46-47-32-27-35-12-2-4-15-42(35)52(47)57-54(46)50)39-30-25-37(26-31-39)48-33-49-44-17-7-8-22-51(44)56-53(49)45-18-6-5-16-43(45)48/h1-35H;1-33H/i1D,2D,3D,11D,12D;. The number of benzene rings is 20. The Kier molecular flexibility index (Phi) is 15.0. The quantitative estimate of drug-likeness (QED) is 0.129. The summed E-state index contributed by atoms with van der Waals surface area (Å²) < 4.78 is 56.0. The molecule has 4 heterocycles. The molecule has 24 aromatic rings. The van der Waals surface area contributed by atoms with Gasteiger partial charge in [-0.05, 0) is 190 Å². The van der Waals surface area contributed by atoms with Crippen LogP contribution in [-0.4, -0.2) is 0 Å². The monoisotopic (exact) mass is 1530 g/mol. The van der Waals surface area contributed by atoms with Crippen LogP contribution in [0.5, 0.6) is 0 Å². The van der Waals surface area contributed by atoms with Crippen LogP contribution < -0.4 is 9.80 Å². The predicted octanol–water partition coefficient (Wildman–Crippen LogP) is 33.4. The number of hydrogen-bond donors (Lipinski definition) is 0. The number of nitrogens with zero attached hydrogens (tertiary/aromatic N) is 2. The van der Waals surface area contributed by atoms with Gasteiger partial charge in [0.25, 0.3) is 0 Å². The van der Waals surface area contributed by atoms with Gasteiger partial charge in [0.2, 0.25) is 0 Å². The van der Waals surface area contributed by atoms with Gasteiger partial charge in [-0.1, -0.05) is 315 Å². The number of para-hydroxylation sites is 1. The lowest BCUT2D eigenvalue weighted by molar-refractivity contribution is 0.669. The van der Waals surface area contributed by atoms with Crippen LogP contribution in [-0.2, 0) is 0 Å². The van der Waals surface area contributed by atoms with Crippen LogP contribution in [0.25, 0.3) is 192 Å². The Morgan fingerprint density at radius 2 is 0.621 bits per heavy atom. The van der Waals surface area contributed by atoms with E-state index in [2.05, 4.69) is 350 Å². The number of rotatable bonds is 11. The Bertz CT molecular complexity index is 8320. The molecule has 0 aliphatic rings. The fourth-order valence-electron chi connectivity index (χ4n) is 17.6. The van der Waals surface area contributed by atoms with Crippen LogP contribution in [0.1, 0.15) is 6.85 Å². The van der Waals surface area contributed by atoms with Crippen LogP contribution in [0.4, 0.5) is 34.1 Å². The van der Waals surface area contributed by atoms with Crippen LogP contribution in [0.15, 0.2) is 417 Å². The number of hydrogen-bond acceptors (Lipinski definition) is 6. The smallest absolute Gasteiger partial charge is 0.135 e. The summed E-state index contributed by atoms with van der Waals surface area (Å²) in [6.45, 7) is 0. The van der Waals surface area contributed by atoms with Crippen molar-refractivity contribution in [3.63, 3.8) is 0 Å². The summed E-state index contributed by atoms with van der Waals surface area (Å²) in [6.07, 6.45) is 0. The summed E-state index contributed by atoms with van der Waals surface area (Å²) >= 11 is 5.63. The second-order valence-electron chi connectivity index (χ2n) is 29.7. The lowest BCUT2D eigenvalue weighted by atomic mass is 9.95. The molecule has 0 radical (unpaired) electrons. The van der Waals surface area contributed by atoms with Crippen molar-refractivity contribution in [3.8, 4) is 55.6 Å². The third-order valence-electron chi connectivity index (χ3n) is 23.2. The third kappa shape index (κ3) is 11.4. The largest absolute Gasteiger partial charge is 0.456 e. The molecule has 0 spiro atoms. The van der Waals surface area contributed by atoms with E-state index in [9.17, 15) is 0 Å². The molecule has 0 bridgehead atoms. The second kappa shape index (κ2) is 27.8. The van der Waals surface area contributed by atoms with E-state index in [1.165, 1.54) is 132 Å². The Balaban J connectivity index is 0.000000142. The van der Waals surface area contributed by atoms with Gasteiger partial charge >= 0.3 is 0 Å². The molecule has 0 aliphatic carbocycles. The highest BCUT2D eigenvalue weighted by Crippen LogP contribution is 2.52. The van der Waals surface area contributed by atoms with Gasteiger partial charge < -0.3 is 14.2 Å². The third-order valence-corrected chi connectivity index (χ3v) is 27.0. The molecule has 0 atom stereocenters. The van der Waals surface area contributed by atoms with Crippen molar-refractivity contribution in [2.45, 2.75) is 0 Å². The Hall–Kier alpha value is -14.2. The highest BCUT2D eigenvalue weighted by Gasteiger charge is 2.24. The van der Waals surface area contributed by atoms with Crippen molar-refractivity contribution >= 4 is 204 Å². The summed E-state index contributed by atoms with van der Waals surface area (Å²) in [5, 5.41) is 22.2. The molecular weight excluding hydrogens is 1460 g/mol. The highest BCUT2D eigenvalue weighted by molar-refractivity contribution is 7.28. The first-order valence-corrected chi connectivity index (χ1v) is 41.5. The van der Waals surface area contributed by atoms with Crippen molar-refractivity contribution in [2.75, 3.05) is 9.80 Å². The molecule has 0 fully saturated rings. The summed E-state index contributed by atoms with van der Waals surface area (Å²) in [5.74, 6) is 0. The first kappa shape index (κ1) is 62.3. The van der Waals surface area contributed by atoms with E-state index in [0.29, 0.717) is 5.56 Å². The van der Waals surface area contributed by atoms with Crippen molar-refractivity contribution in [3.05, 3.63) is 412 Å². The van der Waals surface area contributed by atoms with Crippen LogP contribution in [0, 0.1) is 0 Å². The van der Waals surface area contributed by atoms with Gasteiger partial charge in [0.1, 0.15) is 11.2 Å². The van der Waals surface area contributed by atoms with Crippen molar-refractivity contribution in [1.82, 2.24) is 0 Å². The molecular formula is C110H68N2OS3. The fourth-order valence-corrected chi connectivity index (χ4v) is 21.6. The van der Waals surface area contributed by atoms with Gasteiger partial charge in [0.15, 0.2) is 0 Å². The molecule has 24 rings (SSSR count). The van der Waals surface area contributed by atoms with Crippen LogP contribution >= 0.6 is 34.0 Å². The molecule has 0 aliphatic heterocycles. The van der Waals surface area contributed by atoms with Crippen molar-refractivity contribution in [2.24, 2.45) is 0 Å². The summed E-state index contributed by atoms with van der Waals surface area (Å²) in [7, 11) is 0. The van der Waals surface area contributed by atoms with E-state index in [0.717, 1.165) is 83.4 Å². The van der Waals surface area contributed by atoms with Gasteiger partial charge in [-0.2, -0.15) is 0 Å². The number of anilines is 6. The van der Waals surface area contributed by atoms with Crippen molar-refractivity contribution < 1.29 is 11.3 Å². The summed E-state index contributed by atoms with van der Waals surface area (Å²) in [5.41, 5.74) is 18.1. The molecule has 0 unspecified atom stereocenters. The van der Waals surface area contributed by atoms with Gasteiger partial charge in [-0.3, -0.25) is 0 Å². The SMILES string of the molecule is [2H]c1c([2H])c([2H])c(-c2ccc(N(c3ccc(-c4cccc(-c5ccc6oc7ccccc7c6c5)c4)cc3)c3cc4c5ccc6ccccc6c5sc4c4ccccc34)cc2)c([2H])c1[2H].c1ccc2c(-c3ccc(N(c4ccc(-c5cc6c7ccccc7sc6c6ccccc56)cc4)c4cccc5c4sc4c6ccccc6ccc54)cc3)cccc2c1. The van der Waals surface area contributed by atoms with Crippen LogP contribution in [0.3, 0.4) is 0 Å². The van der Waals surface area contributed by atoms with E-state index in [1.54, 1.807) is 0 Å². The topological polar surface area (TPSA) is 19.6 Å². The molecule has 3 nitrogen and oxygen atoms in total. The average molecular weight is 1530 g/mol. The van der Waals surface area contributed by atoms with Gasteiger partial charge in [-0.25, -0.2) is 0 Å². The maximum atomic E-state index is 8.67. The summed E-state index contributed by atoms with van der Waals surface area (Å²) in [6, 6.07) is 136. The minimum atomic E-state index is -0.405. The molecule has 0 amide bonds. The molecule has 116 heavy (non-hydrogen) atoms. The Morgan fingerprint density at radius 3 is 1.29 bits per heavy atom. The molecule has 6 heteroatoms. The maximum absolute atomic E-state index is 8.67. The van der Waals surface area contributed by atoms with Gasteiger partial charge in [0.05, 0.1) is 22.9 Å². The molecule has 0 N–H and O–H groups in total. The minimum absolute atomic E-state index is 0.178. The Morgan fingerprint density at radius 1 is 0.207 bits per heavy atom. The van der Waals surface area contributed by atoms with E-state index in [-0.39, 0.29) is 29.7 Å². The maximum Gasteiger partial charge on any atom is 0.135 e. The zero-order chi connectivity index (χ0) is 80.7.